The van der Waals surface area contributed by atoms with E-state index in [9.17, 15) is 14.7 Å². The fraction of sp³-hybridized carbons (Fsp3) is 0.136. The Morgan fingerprint density at radius 1 is 1.09 bits per heavy atom. The molecule has 0 atom stereocenters. The van der Waals surface area contributed by atoms with Gasteiger partial charge in [-0.15, -0.1) is 0 Å². The van der Waals surface area contributed by atoms with E-state index in [0.717, 1.165) is 0 Å². The number of aromatic carboxylic acids is 1. The summed E-state index contributed by atoms with van der Waals surface area (Å²) in [7, 11) is 0. The standard InChI is InChI=1S/C22H18Br2N2O7/c1-2-31-19-7-12(3-5-17(19)32-11-14-4-6-18(33-14)22(29)30)10-25-26-21(28)13-8-15(23)20(27)16(24)9-13/h3-10,27H,2,11H2,1H3,(H,26,28)(H,29,30). The fourth-order valence-electron chi connectivity index (χ4n) is 2.64. The third-order valence-electron chi connectivity index (χ3n) is 4.17. The Bertz CT molecular complexity index is 1180. The van der Waals surface area contributed by atoms with E-state index in [-0.39, 0.29) is 18.1 Å². The van der Waals surface area contributed by atoms with Crippen molar-refractivity contribution >= 4 is 50.0 Å². The molecule has 0 bridgehead atoms. The van der Waals surface area contributed by atoms with Crippen molar-refractivity contribution in [3.63, 3.8) is 0 Å². The number of carboxylic acids is 1. The van der Waals surface area contributed by atoms with E-state index in [1.54, 1.807) is 18.2 Å². The molecule has 3 aromatic rings. The van der Waals surface area contributed by atoms with Crippen LogP contribution in [0, 0.1) is 0 Å². The van der Waals surface area contributed by atoms with Gasteiger partial charge in [0.2, 0.25) is 5.76 Å². The first-order chi connectivity index (χ1) is 15.8. The molecule has 2 aromatic carbocycles. The molecular weight excluding hydrogens is 564 g/mol. The molecule has 0 aliphatic heterocycles. The van der Waals surface area contributed by atoms with Gasteiger partial charge in [0.25, 0.3) is 5.91 Å². The highest BCUT2D eigenvalue weighted by Crippen LogP contribution is 2.33. The number of phenols is 1. The second-order valence-corrected chi connectivity index (χ2v) is 8.20. The Hall–Kier alpha value is -3.31. The lowest BCUT2D eigenvalue weighted by atomic mass is 10.2. The summed E-state index contributed by atoms with van der Waals surface area (Å²) in [5, 5.41) is 22.6. The number of carboxylic acid groups (broad SMARTS) is 1. The molecule has 33 heavy (non-hydrogen) atoms. The largest absolute Gasteiger partial charge is 0.506 e. The van der Waals surface area contributed by atoms with E-state index in [1.807, 2.05) is 6.92 Å². The van der Waals surface area contributed by atoms with Gasteiger partial charge in [0.05, 0.1) is 21.8 Å². The van der Waals surface area contributed by atoms with Gasteiger partial charge >= 0.3 is 5.97 Å². The molecule has 0 saturated heterocycles. The van der Waals surface area contributed by atoms with Crippen molar-refractivity contribution in [2.45, 2.75) is 13.5 Å². The van der Waals surface area contributed by atoms with Crippen molar-refractivity contribution in [1.82, 2.24) is 5.43 Å². The van der Waals surface area contributed by atoms with Gasteiger partial charge in [0.1, 0.15) is 18.1 Å². The highest BCUT2D eigenvalue weighted by Gasteiger charge is 2.13. The minimum Gasteiger partial charge on any atom is -0.506 e. The molecule has 1 aromatic heterocycles. The smallest absolute Gasteiger partial charge is 0.371 e. The summed E-state index contributed by atoms with van der Waals surface area (Å²) >= 11 is 6.36. The van der Waals surface area contributed by atoms with Crippen LogP contribution in [0.5, 0.6) is 17.2 Å². The van der Waals surface area contributed by atoms with Crippen LogP contribution < -0.4 is 14.9 Å². The highest BCUT2D eigenvalue weighted by atomic mass is 79.9. The molecule has 0 unspecified atom stereocenters. The number of nitrogens with one attached hydrogen (secondary N) is 1. The number of phenolic OH excluding ortho intramolecular Hbond substituents is 1. The Morgan fingerprint density at radius 3 is 2.45 bits per heavy atom. The zero-order chi connectivity index (χ0) is 24.0. The van der Waals surface area contributed by atoms with E-state index in [4.69, 9.17) is 19.0 Å². The Kier molecular flexibility index (Phi) is 8.12. The highest BCUT2D eigenvalue weighted by molar-refractivity contribution is 9.11. The molecule has 11 heteroatoms. The summed E-state index contributed by atoms with van der Waals surface area (Å²) in [6.45, 7) is 2.24. The summed E-state index contributed by atoms with van der Waals surface area (Å²) in [5.74, 6) is -0.547. The Morgan fingerprint density at radius 2 is 1.82 bits per heavy atom. The molecule has 9 nitrogen and oxygen atoms in total. The van der Waals surface area contributed by atoms with Gasteiger partial charge in [-0.3, -0.25) is 4.79 Å². The maximum atomic E-state index is 12.3. The van der Waals surface area contributed by atoms with Gasteiger partial charge in [-0.1, -0.05) is 0 Å². The topological polar surface area (TPSA) is 131 Å². The van der Waals surface area contributed by atoms with Crippen molar-refractivity contribution < 1.29 is 33.7 Å². The van der Waals surface area contributed by atoms with Crippen molar-refractivity contribution in [1.29, 1.82) is 0 Å². The summed E-state index contributed by atoms with van der Waals surface area (Å²) in [6.07, 6.45) is 1.44. The van der Waals surface area contributed by atoms with E-state index in [1.165, 1.54) is 30.5 Å². The number of furan rings is 1. The lowest BCUT2D eigenvalue weighted by molar-refractivity contribution is 0.0657. The van der Waals surface area contributed by atoms with Gasteiger partial charge in [0.15, 0.2) is 11.5 Å². The Labute approximate surface area is 205 Å². The first-order valence-electron chi connectivity index (χ1n) is 9.51. The summed E-state index contributed by atoms with van der Waals surface area (Å²) in [6, 6.07) is 10.9. The maximum absolute atomic E-state index is 12.3. The number of nitrogens with zero attached hydrogens (tertiary/aromatic N) is 1. The van der Waals surface area contributed by atoms with E-state index in [2.05, 4.69) is 42.4 Å². The molecule has 0 radical (unpaired) electrons. The number of benzene rings is 2. The van der Waals surface area contributed by atoms with Crippen LogP contribution >= 0.6 is 31.9 Å². The SMILES string of the molecule is CCOc1cc(C=NNC(=O)c2cc(Br)c(O)c(Br)c2)ccc1OCc1ccc(C(=O)O)o1. The monoisotopic (exact) mass is 580 g/mol. The summed E-state index contributed by atoms with van der Waals surface area (Å²) in [4.78, 5) is 23.2. The fourth-order valence-corrected chi connectivity index (χ4v) is 3.82. The van der Waals surface area contributed by atoms with Gasteiger partial charge in [0, 0.05) is 5.56 Å². The van der Waals surface area contributed by atoms with Crippen molar-refractivity contribution in [2.24, 2.45) is 5.10 Å². The zero-order valence-corrected chi connectivity index (χ0v) is 20.3. The number of aromatic hydroxyl groups is 1. The molecule has 3 rings (SSSR count). The number of amides is 1. The van der Waals surface area contributed by atoms with E-state index >= 15 is 0 Å². The van der Waals surface area contributed by atoms with Crippen LogP contribution in [-0.4, -0.2) is 34.9 Å². The average Bonchev–Trinajstić information content (AvgIpc) is 3.26. The number of rotatable bonds is 9. The minimum atomic E-state index is -1.15. The number of carbonyl (C=O) groups is 2. The molecular formula is C22H18Br2N2O7. The zero-order valence-electron chi connectivity index (χ0n) is 17.2. The van der Waals surface area contributed by atoms with Gasteiger partial charge in [-0.2, -0.15) is 5.10 Å². The Balaban J connectivity index is 1.67. The second-order valence-electron chi connectivity index (χ2n) is 6.49. The molecule has 172 valence electrons. The van der Waals surface area contributed by atoms with Crippen LogP contribution in [0.1, 0.15) is 39.2 Å². The van der Waals surface area contributed by atoms with Gasteiger partial charge in [-0.05, 0) is 86.8 Å². The minimum absolute atomic E-state index is 0.00446. The van der Waals surface area contributed by atoms with Crippen LogP contribution in [0.25, 0.3) is 0 Å². The van der Waals surface area contributed by atoms with Crippen LogP contribution in [-0.2, 0) is 6.61 Å². The molecule has 0 spiro atoms. The van der Waals surface area contributed by atoms with Crippen LogP contribution in [0.3, 0.4) is 0 Å². The predicted octanol–water partition coefficient (Wildman–Crippen LogP) is 4.95. The maximum Gasteiger partial charge on any atom is 0.371 e. The normalized spacial score (nSPS) is 10.9. The third-order valence-corrected chi connectivity index (χ3v) is 5.38. The van der Waals surface area contributed by atoms with Gasteiger partial charge < -0.3 is 24.1 Å². The summed E-state index contributed by atoms with van der Waals surface area (Å²) < 4.78 is 17.2. The molecule has 3 N–H and O–H groups in total. The lowest BCUT2D eigenvalue weighted by Crippen LogP contribution is -2.17. The molecule has 0 aliphatic carbocycles. The number of hydrazone groups is 1. The molecule has 0 saturated carbocycles. The van der Waals surface area contributed by atoms with E-state index in [0.29, 0.717) is 43.9 Å². The molecule has 1 amide bonds. The number of hydrogen-bond donors (Lipinski definition) is 3. The van der Waals surface area contributed by atoms with E-state index < -0.39 is 11.9 Å². The van der Waals surface area contributed by atoms with Crippen LogP contribution in [0.2, 0.25) is 0 Å². The number of hydrogen-bond acceptors (Lipinski definition) is 7. The number of halogens is 2. The third kappa shape index (κ3) is 6.36. The van der Waals surface area contributed by atoms with Crippen molar-refractivity contribution in [3.05, 3.63) is 74.1 Å². The molecule has 1 heterocycles. The quantitative estimate of drug-likeness (QED) is 0.241. The lowest BCUT2D eigenvalue weighted by Gasteiger charge is -2.11. The van der Waals surface area contributed by atoms with Gasteiger partial charge in [-0.25, -0.2) is 10.2 Å². The number of carbonyl (C=O) groups excluding carboxylic acids is 1. The number of ether oxygens (including phenoxy) is 2. The average molecular weight is 582 g/mol. The van der Waals surface area contributed by atoms with Crippen LogP contribution in [0.4, 0.5) is 0 Å². The first-order valence-corrected chi connectivity index (χ1v) is 11.1. The molecule has 0 aliphatic rings. The second kappa shape index (κ2) is 11.0. The van der Waals surface area contributed by atoms with Crippen LogP contribution in [0.15, 0.2) is 60.9 Å². The van der Waals surface area contributed by atoms with Crippen molar-refractivity contribution in [3.8, 4) is 17.2 Å². The van der Waals surface area contributed by atoms with Crippen molar-refractivity contribution in [2.75, 3.05) is 6.61 Å². The summed E-state index contributed by atoms with van der Waals surface area (Å²) in [5.41, 5.74) is 3.36. The molecule has 0 fully saturated rings. The predicted molar refractivity (Wildman–Crippen MR) is 126 cm³/mol. The first kappa shape index (κ1) is 24.3.